The zero-order valence-corrected chi connectivity index (χ0v) is 11.9. The maximum atomic E-state index is 10.0. The first kappa shape index (κ1) is 15.4. The average Bonchev–Trinajstić information content (AvgIpc) is 2.43. The first-order valence-electron chi connectivity index (χ1n) is 6.83. The molecule has 5 nitrogen and oxygen atoms in total. The van der Waals surface area contributed by atoms with Gasteiger partial charge in [-0.1, -0.05) is 30.3 Å². The highest BCUT2D eigenvalue weighted by atomic mass is 16.6. The van der Waals surface area contributed by atoms with Gasteiger partial charge in [0.15, 0.2) is 0 Å². The summed E-state index contributed by atoms with van der Waals surface area (Å²) in [6, 6.07) is 9.13. The Bertz CT molecular complexity index is 423. The summed E-state index contributed by atoms with van der Waals surface area (Å²) in [7, 11) is 0. The lowest BCUT2D eigenvalue weighted by Gasteiger charge is -2.46. The minimum absolute atomic E-state index is 0.212. The zero-order valence-electron chi connectivity index (χ0n) is 11.9. The Morgan fingerprint density at radius 2 is 1.85 bits per heavy atom. The molecule has 4 unspecified atom stereocenters. The van der Waals surface area contributed by atoms with Gasteiger partial charge in [0, 0.05) is 0 Å². The summed E-state index contributed by atoms with van der Waals surface area (Å²) in [5, 5.41) is 20.0. The normalized spacial score (nSPS) is 33.0. The molecule has 4 atom stereocenters. The van der Waals surface area contributed by atoms with Crippen LogP contribution in [0.5, 0.6) is 0 Å². The topological polar surface area (TPSA) is 84.9 Å². The van der Waals surface area contributed by atoms with Gasteiger partial charge in [-0.15, -0.1) is 0 Å². The molecule has 0 aliphatic carbocycles. The van der Waals surface area contributed by atoms with Crippen molar-refractivity contribution in [2.45, 2.75) is 50.4 Å². The van der Waals surface area contributed by atoms with E-state index < -0.39 is 30.0 Å². The molecular weight excluding hydrogens is 258 g/mol. The highest BCUT2D eigenvalue weighted by molar-refractivity contribution is 5.13. The summed E-state index contributed by atoms with van der Waals surface area (Å²) >= 11 is 0. The Labute approximate surface area is 119 Å². The van der Waals surface area contributed by atoms with Gasteiger partial charge in [-0.05, 0) is 19.4 Å². The lowest BCUT2D eigenvalue weighted by atomic mass is 9.86. The molecule has 1 aromatic carbocycles. The van der Waals surface area contributed by atoms with E-state index in [0.29, 0.717) is 6.61 Å². The zero-order chi connectivity index (χ0) is 14.8. The van der Waals surface area contributed by atoms with E-state index in [1.54, 1.807) is 13.8 Å². The van der Waals surface area contributed by atoms with Crippen LogP contribution in [0.3, 0.4) is 0 Å². The number of hydrogen-bond acceptors (Lipinski definition) is 5. The Balaban J connectivity index is 1.89. The molecular formula is C15H23NO4. The van der Waals surface area contributed by atoms with E-state index in [4.69, 9.17) is 15.2 Å². The number of hydrogen-bond donors (Lipinski definition) is 3. The fourth-order valence-electron chi connectivity index (χ4n) is 2.38. The predicted molar refractivity (Wildman–Crippen MR) is 75.0 cm³/mol. The predicted octanol–water partition coefficient (Wildman–Crippen LogP) is 0.430. The molecule has 1 fully saturated rings. The van der Waals surface area contributed by atoms with Crippen molar-refractivity contribution in [3.05, 3.63) is 35.9 Å². The Hall–Kier alpha value is -0.980. The van der Waals surface area contributed by atoms with Crippen molar-refractivity contribution in [3.8, 4) is 0 Å². The minimum atomic E-state index is -1.03. The van der Waals surface area contributed by atoms with E-state index >= 15 is 0 Å². The van der Waals surface area contributed by atoms with Gasteiger partial charge in [0.25, 0.3) is 0 Å². The molecule has 4 N–H and O–H groups in total. The number of rotatable bonds is 4. The minimum Gasteiger partial charge on any atom is -0.389 e. The van der Waals surface area contributed by atoms with Crippen molar-refractivity contribution >= 4 is 0 Å². The molecule has 112 valence electrons. The molecule has 1 heterocycles. The number of aliphatic hydroxyl groups excluding tert-OH is 2. The summed E-state index contributed by atoms with van der Waals surface area (Å²) in [4.78, 5) is 0. The van der Waals surface area contributed by atoms with E-state index in [9.17, 15) is 10.2 Å². The Morgan fingerprint density at radius 1 is 1.20 bits per heavy atom. The van der Waals surface area contributed by atoms with Crippen molar-refractivity contribution in [2.75, 3.05) is 6.61 Å². The standard InChI is InChI=1S/C15H23NO4/c1-15(2)14(16)13(18)12(17)11(20-15)9-19-8-10-6-4-3-5-7-10/h3-7,11-14,17-18H,8-9,16H2,1-2H3. The van der Waals surface area contributed by atoms with Crippen LogP contribution in [0, 0.1) is 0 Å². The second-order valence-corrected chi connectivity index (χ2v) is 5.77. The summed E-state index contributed by atoms with van der Waals surface area (Å²) < 4.78 is 11.3. The summed E-state index contributed by atoms with van der Waals surface area (Å²) in [5.41, 5.74) is 6.21. The SMILES string of the molecule is CC1(C)OC(COCc2ccccc2)C(O)C(O)C1N. The highest BCUT2D eigenvalue weighted by Crippen LogP contribution is 2.28. The Morgan fingerprint density at radius 3 is 2.50 bits per heavy atom. The van der Waals surface area contributed by atoms with Crippen LogP contribution >= 0.6 is 0 Å². The fourth-order valence-corrected chi connectivity index (χ4v) is 2.38. The third kappa shape index (κ3) is 3.37. The molecule has 2 rings (SSSR count). The highest BCUT2D eigenvalue weighted by Gasteiger charge is 2.46. The van der Waals surface area contributed by atoms with Gasteiger partial charge in [0.2, 0.25) is 0 Å². The second kappa shape index (κ2) is 6.20. The quantitative estimate of drug-likeness (QED) is 0.745. The van der Waals surface area contributed by atoms with Crippen LogP contribution in [-0.2, 0) is 16.1 Å². The van der Waals surface area contributed by atoms with Gasteiger partial charge in [0.1, 0.15) is 18.3 Å². The van der Waals surface area contributed by atoms with Crippen LogP contribution in [-0.4, -0.2) is 46.8 Å². The molecule has 0 aromatic heterocycles. The third-order valence-electron chi connectivity index (χ3n) is 3.75. The van der Waals surface area contributed by atoms with Gasteiger partial charge >= 0.3 is 0 Å². The molecule has 0 radical (unpaired) electrons. The van der Waals surface area contributed by atoms with E-state index in [-0.39, 0.29) is 6.61 Å². The first-order valence-corrected chi connectivity index (χ1v) is 6.83. The second-order valence-electron chi connectivity index (χ2n) is 5.77. The van der Waals surface area contributed by atoms with Crippen LogP contribution in [0.25, 0.3) is 0 Å². The van der Waals surface area contributed by atoms with Crippen molar-refractivity contribution in [3.63, 3.8) is 0 Å². The van der Waals surface area contributed by atoms with Gasteiger partial charge in [0.05, 0.1) is 24.9 Å². The summed E-state index contributed by atoms with van der Waals surface area (Å²) in [6.45, 7) is 4.26. The lowest BCUT2D eigenvalue weighted by Crippen LogP contribution is -2.66. The monoisotopic (exact) mass is 281 g/mol. The van der Waals surface area contributed by atoms with Gasteiger partial charge in [-0.25, -0.2) is 0 Å². The van der Waals surface area contributed by atoms with Crippen LogP contribution in [0.1, 0.15) is 19.4 Å². The molecule has 0 saturated carbocycles. The van der Waals surface area contributed by atoms with E-state index in [1.807, 2.05) is 30.3 Å². The van der Waals surface area contributed by atoms with Gasteiger partial charge in [-0.3, -0.25) is 0 Å². The van der Waals surface area contributed by atoms with Gasteiger partial charge < -0.3 is 25.4 Å². The molecule has 1 aliphatic rings. The van der Waals surface area contributed by atoms with Crippen molar-refractivity contribution < 1.29 is 19.7 Å². The maximum absolute atomic E-state index is 10.0. The molecule has 20 heavy (non-hydrogen) atoms. The molecule has 0 spiro atoms. The first-order chi connectivity index (χ1) is 9.42. The van der Waals surface area contributed by atoms with Gasteiger partial charge in [-0.2, -0.15) is 0 Å². The van der Waals surface area contributed by atoms with Crippen molar-refractivity contribution in [2.24, 2.45) is 5.73 Å². The number of aliphatic hydroxyl groups is 2. The maximum Gasteiger partial charge on any atom is 0.110 e. The molecule has 1 aliphatic heterocycles. The molecule has 0 amide bonds. The molecule has 0 bridgehead atoms. The summed E-state index contributed by atoms with van der Waals surface area (Å²) in [5.74, 6) is 0. The largest absolute Gasteiger partial charge is 0.389 e. The molecule has 5 heteroatoms. The lowest BCUT2D eigenvalue weighted by molar-refractivity contribution is -0.226. The third-order valence-corrected chi connectivity index (χ3v) is 3.75. The number of benzene rings is 1. The molecule has 1 aromatic rings. The van der Waals surface area contributed by atoms with Crippen molar-refractivity contribution in [1.82, 2.24) is 0 Å². The Kier molecular flexibility index (Phi) is 4.78. The summed E-state index contributed by atoms with van der Waals surface area (Å²) in [6.07, 6.45) is -2.62. The molecule has 1 saturated heterocycles. The number of ether oxygens (including phenoxy) is 2. The van der Waals surface area contributed by atoms with Crippen LogP contribution in [0.2, 0.25) is 0 Å². The van der Waals surface area contributed by atoms with E-state index in [2.05, 4.69) is 0 Å². The van der Waals surface area contributed by atoms with Crippen LogP contribution < -0.4 is 5.73 Å². The number of nitrogens with two attached hydrogens (primary N) is 1. The smallest absolute Gasteiger partial charge is 0.110 e. The van der Waals surface area contributed by atoms with Crippen LogP contribution in [0.4, 0.5) is 0 Å². The van der Waals surface area contributed by atoms with E-state index in [1.165, 1.54) is 0 Å². The van der Waals surface area contributed by atoms with Crippen molar-refractivity contribution in [1.29, 1.82) is 0 Å². The fraction of sp³-hybridized carbons (Fsp3) is 0.600. The average molecular weight is 281 g/mol. The van der Waals surface area contributed by atoms with Crippen LogP contribution in [0.15, 0.2) is 30.3 Å². The van der Waals surface area contributed by atoms with E-state index in [0.717, 1.165) is 5.56 Å².